The fourth-order valence-electron chi connectivity index (χ4n) is 3.67. The molecule has 1 unspecified atom stereocenters. The number of aryl methyl sites for hydroxylation is 3. The first-order chi connectivity index (χ1) is 15.2. The van der Waals surface area contributed by atoms with Crippen LogP contribution in [0.1, 0.15) is 29.7 Å². The van der Waals surface area contributed by atoms with Crippen LogP contribution in [0.2, 0.25) is 0 Å². The molecule has 2 N–H and O–H groups in total. The number of H-pyrrole nitrogens is 1. The first kappa shape index (κ1) is 20.4. The summed E-state index contributed by atoms with van der Waals surface area (Å²) in [5.41, 5.74) is 1.72. The largest absolute Gasteiger partial charge is 0.483 e. The minimum absolute atomic E-state index is 0.202. The Balaban J connectivity index is 0.000000730. The quantitative estimate of drug-likeness (QED) is 0.470. The molecule has 0 radical (unpaired) electrons. The monoisotopic (exact) mass is 424 g/mol. The van der Waals surface area contributed by atoms with E-state index in [9.17, 15) is 4.39 Å². The van der Waals surface area contributed by atoms with Gasteiger partial charge in [-0.1, -0.05) is 12.1 Å². The van der Waals surface area contributed by atoms with Crippen molar-refractivity contribution in [1.82, 2.24) is 39.5 Å². The number of aromatic nitrogens is 8. The lowest BCUT2D eigenvalue weighted by Crippen LogP contribution is -2.22. The zero-order valence-corrected chi connectivity index (χ0v) is 16.6. The molecule has 31 heavy (non-hydrogen) atoms. The van der Waals surface area contributed by atoms with Gasteiger partial charge in [0.1, 0.15) is 23.8 Å². The van der Waals surface area contributed by atoms with Gasteiger partial charge in [0.15, 0.2) is 5.82 Å². The average Bonchev–Trinajstić information content (AvgIpc) is 3.52. The summed E-state index contributed by atoms with van der Waals surface area (Å²) in [6.07, 6.45) is 7.53. The maximum atomic E-state index is 13.7. The Labute approximate surface area is 176 Å². The van der Waals surface area contributed by atoms with Crippen molar-refractivity contribution < 1.29 is 14.3 Å². The molecule has 10 nitrogen and oxygen atoms in total. The van der Waals surface area contributed by atoms with Gasteiger partial charge in [0.05, 0.1) is 6.33 Å². The molecule has 1 aliphatic rings. The molecule has 3 aromatic heterocycles. The molecule has 1 aliphatic heterocycles. The van der Waals surface area contributed by atoms with E-state index in [-0.39, 0.29) is 18.2 Å². The number of imidazole rings is 1. The van der Waals surface area contributed by atoms with E-state index >= 15 is 0 Å². The fourth-order valence-corrected chi connectivity index (χ4v) is 3.67. The second-order valence-corrected chi connectivity index (χ2v) is 7.05. The molecule has 0 saturated heterocycles. The van der Waals surface area contributed by atoms with Crippen LogP contribution in [0.4, 0.5) is 4.39 Å². The van der Waals surface area contributed by atoms with E-state index in [4.69, 9.17) is 20.0 Å². The zero-order chi connectivity index (χ0) is 21.6. The van der Waals surface area contributed by atoms with E-state index < -0.39 is 0 Å². The van der Waals surface area contributed by atoms with Crippen molar-refractivity contribution in [3.8, 4) is 11.4 Å². The Hall–Kier alpha value is -3.89. The van der Waals surface area contributed by atoms with E-state index in [1.165, 1.54) is 12.1 Å². The molecule has 0 fully saturated rings. The highest BCUT2D eigenvalue weighted by atomic mass is 19.1. The van der Waals surface area contributed by atoms with Crippen molar-refractivity contribution in [3.05, 3.63) is 66.3 Å². The Morgan fingerprint density at radius 3 is 3.00 bits per heavy atom. The molecule has 1 aromatic carbocycles. The minimum Gasteiger partial charge on any atom is -0.483 e. The highest BCUT2D eigenvalue weighted by molar-refractivity contribution is 5.54. The molecule has 0 aliphatic carbocycles. The maximum Gasteiger partial charge on any atom is 0.290 e. The predicted octanol–water partition coefficient (Wildman–Crippen LogP) is 2.07. The van der Waals surface area contributed by atoms with Crippen molar-refractivity contribution in [3.63, 3.8) is 0 Å². The van der Waals surface area contributed by atoms with Crippen LogP contribution in [0, 0.1) is 5.82 Å². The topological polar surface area (TPSA) is 127 Å². The van der Waals surface area contributed by atoms with Gasteiger partial charge in [-0.25, -0.2) is 24.0 Å². The summed E-state index contributed by atoms with van der Waals surface area (Å²) in [4.78, 5) is 24.7. The van der Waals surface area contributed by atoms with Crippen LogP contribution in [-0.4, -0.2) is 51.1 Å². The van der Waals surface area contributed by atoms with Gasteiger partial charge in [-0.05, 0) is 18.6 Å². The summed E-state index contributed by atoms with van der Waals surface area (Å²) in [6, 6.07) is 6.40. The number of nitrogens with zero attached hydrogens (tertiary/aromatic N) is 7. The van der Waals surface area contributed by atoms with E-state index in [0.717, 1.165) is 43.1 Å². The number of carboxylic acid groups (broad SMARTS) is 1. The van der Waals surface area contributed by atoms with Crippen molar-refractivity contribution in [2.24, 2.45) is 0 Å². The van der Waals surface area contributed by atoms with Gasteiger partial charge in [0, 0.05) is 49.3 Å². The number of fused-ring (bicyclic) bond motifs is 1. The Morgan fingerprint density at radius 1 is 1.35 bits per heavy atom. The summed E-state index contributed by atoms with van der Waals surface area (Å²) in [5.74, 6) is 2.33. The third kappa shape index (κ3) is 4.65. The van der Waals surface area contributed by atoms with Crippen LogP contribution in [0.25, 0.3) is 11.4 Å². The predicted molar refractivity (Wildman–Crippen MR) is 107 cm³/mol. The highest BCUT2D eigenvalue weighted by Crippen LogP contribution is 2.29. The summed E-state index contributed by atoms with van der Waals surface area (Å²) >= 11 is 0. The number of rotatable bonds is 5. The highest BCUT2D eigenvalue weighted by Gasteiger charge is 2.27. The number of hydrogen-bond donors (Lipinski definition) is 2. The molecule has 0 bridgehead atoms. The molecule has 160 valence electrons. The van der Waals surface area contributed by atoms with Gasteiger partial charge in [-0.3, -0.25) is 9.48 Å². The molecule has 5 rings (SSSR count). The average molecular weight is 424 g/mol. The van der Waals surface area contributed by atoms with Crippen LogP contribution in [0.15, 0.2) is 43.1 Å². The Morgan fingerprint density at radius 2 is 2.23 bits per heavy atom. The Bertz CT molecular complexity index is 1140. The number of aromatic amines is 1. The zero-order valence-electron chi connectivity index (χ0n) is 16.6. The molecule has 4 heterocycles. The van der Waals surface area contributed by atoms with Crippen molar-refractivity contribution in [1.29, 1.82) is 0 Å². The van der Waals surface area contributed by atoms with E-state index in [1.54, 1.807) is 18.7 Å². The maximum absolute atomic E-state index is 13.7. The number of nitrogens with one attached hydrogen (secondary N) is 1. The van der Waals surface area contributed by atoms with Gasteiger partial charge in [-0.15, -0.1) is 0 Å². The molecule has 1 atom stereocenters. The van der Waals surface area contributed by atoms with Crippen LogP contribution in [0.3, 0.4) is 0 Å². The smallest absolute Gasteiger partial charge is 0.290 e. The number of hydrogen-bond acceptors (Lipinski definition) is 6. The standard InChI is InChI=1S/C19H19FN8.CH2O2/c20-15-3-1-2-13(8-15)18-25-19(14-4-6-27-17(9-14)23-12-24-27)28(26-18)7-5-16-10-21-11-22-16;2-1-3/h1-3,8,10-12,14H,4-7,9H2,(H,21,22);1H,(H,2,3). The van der Waals surface area contributed by atoms with Gasteiger partial charge in [-0.2, -0.15) is 10.2 Å². The number of carbonyl (C=O) groups is 1. The normalized spacial score (nSPS) is 15.1. The minimum atomic E-state index is -0.293. The second-order valence-electron chi connectivity index (χ2n) is 7.05. The summed E-state index contributed by atoms with van der Waals surface area (Å²) in [6.45, 7) is 1.23. The molecule has 0 amide bonds. The van der Waals surface area contributed by atoms with Crippen molar-refractivity contribution in [2.75, 3.05) is 0 Å². The molecular weight excluding hydrogens is 403 g/mol. The van der Waals surface area contributed by atoms with Gasteiger partial charge in [0.25, 0.3) is 6.47 Å². The van der Waals surface area contributed by atoms with Crippen LogP contribution < -0.4 is 0 Å². The summed E-state index contributed by atoms with van der Waals surface area (Å²) in [7, 11) is 0. The van der Waals surface area contributed by atoms with Crippen LogP contribution in [-0.2, 0) is 30.7 Å². The lowest BCUT2D eigenvalue weighted by atomic mass is 9.97. The number of halogens is 1. The van der Waals surface area contributed by atoms with Crippen molar-refractivity contribution in [2.45, 2.75) is 38.3 Å². The fraction of sp³-hybridized carbons (Fsp3) is 0.300. The van der Waals surface area contributed by atoms with Crippen LogP contribution >= 0.6 is 0 Å². The van der Waals surface area contributed by atoms with E-state index in [0.29, 0.717) is 17.9 Å². The molecular formula is C20H21FN8O2. The van der Waals surface area contributed by atoms with Gasteiger partial charge in [0.2, 0.25) is 0 Å². The van der Waals surface area contributed by atoms with Gasteiger partial charge < -0.3 is 10.1 Å². The molecule has 0 saturated carbocycles. The molecule has 4 aromatic rings. The third-order valence-corrected chi connectivity index (χ3v) is 5.11. The van der Waals surface area contributed by atoms with Crippen molar-refractivity contribution >= 4 is 6.47 Å². The van der Waals surface area contributed by atoms with E-state index in [2.05, 4.69) is 20.1 Å². The second kappa shape index (κ2) is 9.28. The molecule has 0 spiro atoms. The molecule has 11 heteroatoms. The third-order valence-electron chi connectivity index (χ3n) is 5.11. The first-order valence-corrected chi connectivity index (χ1v) is 9.80. The van der Waals surface area contributed by atoms with Gasteiger partial charge >= 0.3 is 0 Å². The summed E-state index contributed by atoms with van der Waals surface area (Å²) in [5, 5.41) is 15.8. The van der Waals surface area contributed by atoms with Crippen LogP contribution in [0.5, 0.6) is 0 Å². The lowest BCUT2D eigenvalue weighted by molar-refractivity contribution is -0.122. The number of benzene rings is 1. The first-order valence-electron chi connectivity index (χ1n) is 9.80. The lowest BCUT2D eigenvalue weighted by Gasteiger charge is -2.21. The van der Waals surface area contributed by atoms with E-state index in [1.807, 2.05) is 21.6 Å². The SMILES string of the molecule is Fc1cccc(-c2nc(C3CCn4ncnc4C3)n(CCc3cnc[nH]3)n2)c1.O=CO. The summed E-state index contributed by atoms with van der Waals surface area (Å²) < 4.78 is 17.6. The Kier molecular flexibility index (Phi) is 6.11.